The molecule has 0 spiro atoms. The minimum Gasteiger partial charge on any atom is -0.485 e. The number of rotatable bonds is 5. The van der Waals surface area contributed by atoms with Gasteiger partial charge in [0.25, 0.3) is 0 Å². The topological polar surface area (TPSA) is 101 Å². The molecular formula is C18H19N3O4S. The fourth-order valence-electron chi connectivity index (χ4n) is 2.66. The van der Waals surface area contributed by atoms with Gasteiger partial charge in [0.1, 0.15) is 11.9 Å². The largest absolute Gasteiger partial charge is 0.485 e. The van der Waals surface area contributed by atoms with Crippen molar-refractivity contribution in [3.63, 3.8) is 0 Å². The van der Waals surface area contributed by atoms with E-state index in [1.54, 1.807) is 24.4 Å². The zero-order valence-electron chi connectivity index (χ0n) is 14.3. The van der Waals surface area contributed by atoms with Crippen molar-refractivity contribution in [1.29, 1.82) is 5.26 Å². The van der Waals surface area contributed by atoms with E-state index in [0.717, 1.165) is 5.69 Å². The summed E-state index contributed by atoms with van der Waals surface area (Å²) in [6.07, 6.45) is 1.62. The molecule has 1 aromatic carbocycles. The summed E-state index contributed by atoms with van der Waals surface area (Å²) in [6.45, 7) is 2.59. The second-order valence-corrected chi connectivity index (χ2v) is 7.74. The van der Waals surface area contributed by atoms with E-state index in [1.807, 2.05) is 19.1 Å². The molecule has 1 aliphatic rings. The Balaban J connectivity index is 1.77. The average molecular weight is 373 g/mol. The van der Waals surface area contributed by atoms with Crippen LogP contribution in [0, 0.1) is 18.3 Å². The van der Waals surface area contributed by atoms with Gasteiger partial charge in [0, 0.05) is 12.3 Å². The maximum atomic E-state index is 12.7. The normalized spacial score (nSPS) is 20.3. The number of ether oxygens (including phenoxy) is 2. The fraction of sp³-hybridized carbons (Fsp3) is 0.333. The molecule has 0 amide bonds. The number of sulfonamides is 1. The molecule has 0 bridgehead atoms. The molecule has 7 nitrogen and oxygen atoms in total. The third kappa shape index (κ3) is 4.38. The quantitative estimate of drug-likeness (QED) is 0.857. The van der Waals surface area contributed by atoms with E-state index in [0.29, 0.717) is 24.3 Å². The highest BCUT2D eigenvalue weighted by Crippen LogP contribution is 2.20. The third-order valence-electron chi connectivity index (χ3n) is 4.06. The summed E-state index contributed by atoms with van der Waals surface area (Å²) in [5.41, 5.74) is 1.16. The Morgan fingerprint density at radius 3 is 2.92 bits per heavy atom. The lowest BCUT2D eigenvalue weighted by atomic mass is 10.1. The summed E-state index contributed by atoms with van der Waals surface area (Å²) in [5.74, 6) is 0.557. The maximum Gasteiger partial charge on any atom is 0.240 e. The first-order valence-electron chi connectivity index (χ1n) is 8.17. The van der Waals surface area contributed by atoms with Crippen LogP contribution in [0.15, 0.2) is 47.5 Å². The summed E-state index contributed by atoms with van der Waals surface area (Å²) in [7, 11) is -3.78. The Hall–Kier alpha value is -2.47. The summed E-state index contributed by atoms with van der Waals surface area (Å²) in [6, 6.07) is 11.0. The molecule has 1 N–H and O–H groups in total. The Morgan fingerprint density at radius 1 is 1.35 bits per heavy atom. The lowest BCUT2D eigenvalue weighted by molar-refractivity contribution is -0.00941. The number of hydrogen-bond acceptors (Lipinski definition) is 6. The van der Waals surface area contributed by atoms with E-state index in [-0.39, 0.29) is 11.5 Å². The van der Waals surface area contributed by atoms with Gasteiger partial charge in [-0.2, -0.15) is 5.26 Å². The fourth-order valence-corrected chi connectivity index (χ4v) is 4.01. The Bertz CT molecular complexity index is 907. The lowest BCUT2D eigenvalue weighted by Crippen LogP contribution is -2.51. The van der Waals surface area contributed by atoms with Crippen LogP contribution in [-0.4, -0.2) is 38.8 Å². The van der Waals surface area contributed by atoms with E-state index in [9.17, 15) is 8.42 Å². The zero-order chi connectivity index (χ0) is 18.6. The zero-order valence-corrected chi connectivity index (χ0v) is 15.1. The first-order valence-corrected chi connectivity index (χ1v) is 9.66. The highest BCUT2D eigenvalue weighted by atomic mass is 32.2. The maximum absolute atomic E-state index is 12.7. The molecule has 1 aromatic heterocycles. The van der Waals surface area contributed by atoms with Crippen molar-refractivity contribution < 1.29 is 17.9 Å². The number of nitrogens with zero attached hydrogens (tertiary/aromatic N) is 2. The van der Waals surface area contributed by atoms with Crippen molar-refractivity contribution in [2.24, 2.45) is 0 Å². The summed E-state index contributed by atoms with van der Waals surface area (Å²) in [5, 5.41) is 8.97. The van der Waals surface area contributed by atoms with Gasteiger partial charge < -0.3 is 9.47 Å². The van der Waals surface area contributed by atoms with E-state index in [2.05, 4.69) is 9.71 Å². The molecule has 1 aliphatic heterocycles. The standard InChI is InChI=1S/C18H19N3O4S/c1-13-5-6-15(11-20-13)25-18-12-24-8-7-17(18)21-26(22,23)16-4-2-3-14(9-16)10-19/h2-6,9,11,17-18,21H,7-8,12H2,1H3/t17-,18+/m1/s1. The van der Waals surface area contributed by atoms with E-state index >= 15 is 0 Å². The van der Waals surface area contributed by atoms with Gasteiger partial charge in [-0.05, 0) is 43.7 Å². The summed E-state index contributed by atoms with van der Waals surface area (Å²) >= 11 is 0. The molecular weight excluding hydrogens is 354 g/mol. The second-order valence-electron chi connectivity index (χ2n) is 6.02. The molecule has 2 atom stereocenters. The lowest BCUT2D eigenvalue weighted by Gasteiger charge is -2.32. The minimum absolute atomic E-state index is 0.0544. The van der Waals surface area contributed by atoms with E-state index in [4.69, 9.17) is 14.7 Å². The van der Waals surface area contributed by atoms with Gasteiger partial charge in [-0.25, -0.2) is 13.1 Å². The van der Waals surface area contributed by atoms with Crippen molar-refractivity contribution in [2.75, 3.05) is 13.2 Å². The molecule has 1 fully saturated rings. The Labute approximate surface area is 152 Å². The highest BCUT2D eigenvalue weighted by Gasteiger charge is 2.32. The molecule has 0 radical (unpaired) electrons. The van der Waals surface area contributed by atoms with Gasteiger partial charge in [-0.3, -0.25) is 4.98 Å². The number of aromatic nitrogens is 1. The number of aryl methyl sites for hydroxylation is 1. The summed E-state index contributed by atoms with van der Waals surface area (Å²) < 4.78 is 39.4. The van der Waals surface area contributed by atoms with Crippen molar-refractivity contribution in [2.45, 2.75) is 30.4 Å². The van der Waals surface area contributed by atoms with Crippen LogP contribution in [0.3, 0.4) is 0 Å². The highest BCUT2D eigenvalue weighted by molar-refractivity contribution is 7.89. The molecule has 0 saturated carbocycles. The van der Waals surface area contributed by atoms with Gasteiger partial charge >= 0.3 is 0 Å². The molecule has 0 unspecified atom stereocenters. The van der Waals surface area contributed by atoms with Crippen LogP contribution in [0.25, 0.3) is 0 Å². The predicted molar refractivity (Wildman–Crippen MR) is 94.1 cm³/mol. The predicted octanol–water partition coefficient (Wildman–Crippen LogP) is 1.78. The number of hydrogen-bond donors (Lipinski definition) is 1. The SMILES string of the molecule is Cc1ccc(O[C@H]2COCC[C@H]2NS(=O)(=O)c2cccc(C#N)c2)cn1. The first-order chi connectivity index (χ1) is 12.5. The van der Waals surface area contributed by atoms with Crippen molar-refractivity contribution in [3.05, 3.63) is 53.9 Å². The molecule has 1 saturated heterocycles. The third-order valence-corrected chi connectivity index (χ3v) is 5.54. The van der Waals surface area contributed by atoms with Crippen molar-refractivity contribution in [1.82, 2.24) is 9.71 Å². The van der Waals surface area contributed by atoms with Gasteiger partial charge in [0.05, 0.1) is 35.4 Å². The van der Waals surface area contributed by atoms with Crippen LogP contribution in [0.2, 0.25) is 0 Å². The van der Waals surface area contributed by atoms with Gasteiger partial charge in [-0.15, -0.1) is 0 Å². The molecule has 136 valence electrons. The van der Waals surface area contributed by atoms with E-state index in [1.165, 1.54) is 12.1 Å². The van der Waals surface area contributed by atoms with Crippen LogP contribution >= 0.6 is 0 Å². The van der Waals surface area contributed by atoms with Crippen LogP contribution in [-0.2, 0) is 14.8 Å². The van der Waals surface area contributed by atoms with Crippen molar-refractivity contribution >= 4 is 10.0 Å². The molecule has 26 heavy (non-hydrogen) atoms. The average Bonchev–Trinajstić information content (AvgIpc) is 2.65. The number of pyridine rings is 1. The monoisotopic (exact) mass is 373 g/mol. The van der Waals surface area contributed by atoms with Crippen LogP contribution in [0.5, 0.6) is 5.75 Å². The smallest absolute Gasteiger partial charge is 0.240 e. The van der Waals surface area contributed by atoms with Gasteiger partial charge in [0.2, 0.25) is 10.0 Å². The van der Waals surface area contributed by atoms with E-state index < -0.39 is 22.2 Å². The summed E-state index contributed by atoms with van der Waals surface area (Å²) in [4.78, 5) is 4.23. The number of benzene rings is 1. The minimum atomic E-state index is -3.78. The second kappa shape index (κ2) is 7.83. The molecule has 3 rings (SSSR count). The molecule has 2 heterocycles. The first kappa shape index (κ1) is 18.3. The Morgan fingerprint density at radius 2 is 2.19 bits per heavy atom. The van der Waals surface area contributed by atoms with Crippen molar-refractivity contribution in [3.8, 4) is 11.8 Å². The molecule has 8 heteroatoms. The van der Waals surface area contributed by atoms with Crippen LogP contribution in [0.4, 0.5) is 0 Å². The van der Waals surface area contributed by atoms with Gasteiger partial charge in [-0.1, -0.05) is 6.07 Å². The van der Waals surface area contributed by atoms with Crippen LogP contribution in [0.1, 0.15) is 17.7 Å². The number of nitrogens with one attached hydrogen (secondary N) is 1. The Kier molecular flexibility index (Phi) is 5.52. The molecule has 2 aromatic rings. The number of nitriles is 1. The molecule has 0 aliphatic carbocycles. The van der Waals surface area contributed by atoms with Crippen LogP contribution < -0.4 is 9.46 Å². The van der Waals surface area contributed by atoms with Gasteiger partial charge in [0.15, 0.2) is 0 Å².